The summed E-state index contributed by atoms with van der Waals surface area (Å²) in [7, 11) is -3.10. The van der Waals surface area contributed by atoms with Gasteiger partial charge in [-0.25, -0.2) is 18.4 Å². The number of hydrogen-bond acceptors (Lipinski definition) is 6. The second kappa shape index (κ2) is 6.63. The van der Waals surface area contributed by atoms with E-state index in [2.05, 4.69) is 46.1 Å². The maximum absolute atomic E-state index is 12.7. The SMILES string of the molecule is Cc1ccc(CN2CC3(C2)[C@@H](COc2ncccn2)CCS3(=O)=O)cc1. The lowest BCUT2D eigenvalue weighted by molar-refractivity contribution is 0.0572. The molecule has 0 amide bonds. The highest BCUT2D eigenvalue weighted by atomic mass is 32.2. The molecule has 0 N–H and O–H groups in total. The van der Waals surface area contributed by atoms with Crippen LogP contribution in [0, 0.1) is 12.8 Å². The second-order valence-corrected chi connectivity index (χ2v) is 9.79. The fourth-order valence-electron chi connectivity index (χ4n) is 4.02. The van der Waals surface area contributed by atoms with E-state index in [1.165, 1.54) is 11.1 Å². The maximum atomic E-state index is 12.7. The molecule has 6 nitrogen and oxygen atoms in total. The summed E-state index contributed by atoms with van der Waals surface area (Å²) in [5, 5.41) is 0. The van der Waals surface area contributed by atoms with E-state index >= 15 is 0 Å². The number of hydrogen-bond donors (Lipinski definition) is 0. The van der Waals surface area contributed by atoms with Crippen LogP contribution < -0.4 is 4.74 Å². The average molecular weight is 373 g/mol. The van der Waals surface area contributed by atoms with Crippen molar-refractivity contribution < 1.29 is 13.2 Å². The first-order valence-electron chi connectivity index (χ1n) is 8.89. The molecule has 3 heterocycles. The lowest BCUT2D eigenvalue weighted by atomic mass is 9.83. The summed E-state index contributed by atoms with van der Waals surface area (Å²) in [5.74, 6) is 0.236. The van der Waals surface area contributed by atoms with Gasteiger partial charge in [-0.2, -0.15) is 0 Å². The van der Waals surface area contributed by atoms with Crippen LogP contribution in [0.1, 0.15) is 17.5 Å². The molecule has 1 atom stereocenters. The van der Waals surface area contributed by atoms with E-state index in [1.807, 2.05) is 0 Å². The third-order valence-electron chi connectivity index (χ3n) is 5.56. The molecule has 2 aliphatic heterocycles. The third kappa shape index (κ3) is 3.10. The molecule has 1 aromatic heterocycles. The highest BCUT2D eigenvalue weighted by Gasteiger charge is 2.61. The van der Waals surface area contributed by atoms with E-state index in [0.29, 0.717) is 32.1 Å². The van der Waals surface area contributed by atoms with Gasteiger partial charge in [0.15, 0.2) is 9.84 Å². The number of aromatic nitrogens is 2. The Morgan fingerprint density at radius 2 is 1.88 bits per heavy atom. The standard InChI is InChI=1S/C19H23N3O3S/c1-15-3-5-16(6-4-15)11-22-13-19(14-22)17(7-10-26(19,23)24)12-25-18-20-8-2-9-21-18/h2-6,8-9,17H,7,10-14H2,1H3/t17-/m1/s1. The van der Waals surface area contributed by atoms with Gasteiger partial charge in [-0.15, -0.1) is 0 Å². The van der Waals surface area contributed by atoms with Crippen molar-refractivity contribution in [2.45, 2.75) is 24.6 Å². The summed E-state index contributed by atoms with van der Waals surface area (Å²) < 4.78 is 30.4. The van der Waals surface area contributed by atoms with Gasteiger partial charge in [-0.1, -0.05) is 29.8 Å². The van der Waals surface area contributed by atoms with Crippen LogP contribution in [0.2, 0.25) is 0 Å². The molecule has 1 aromatic carbocycles. The van der Waals surface area contributed by atoms with Crippen molar-refractivity contribution in [2.24, 2.45) is 5.92 Å². The smallest absolute Gasteiger partial charge is 0.316 e. The van der Waals surface area contributed by atoms with E-state index in [4.69, 9.17) is 4.74 Å². The van der Waals surface area contributed by atoms with Crippen molar-refractivity contribution in [3.05, 3.63) is 53.9 Å². The van der Waals surface area contributed by atoms with Crippen LogP contribution in [0.4, 0.5) is 0 Å². The lowest BCUT2D eigenvalue weighted by Crippen LogP contribution is -2.67. The van der Waals surface area contributed by atoms with Crippen LogP contribution in [-0.2, 0) is 16.4 Å². The Hall–Kier alpha value is -1.99. The highest BCUT2D eigenvalue weighted by molar-refractivity contribution is 7.93. The van der Waals surface area contributed by atoms with Crippen molar-refractivity contribution in [2.75, 3.05) is 25.4 Å². The Labute approximate surface area is 154 Å². The molecule has 2 aromatic rings. The van der Waals surface area contributed by atoms with E-state index in [1.54, 1.807) is 18.5 Å². The summed E-state index contributed by atoms with van der Waals surface area (Å²) >= 11 is 0. The van der Waals surface area contributed by atoms with Crippen molar-refractivity contribution in [3.63, 3.8) is 0 Å². The van der Waals surface area contributed by atoms with Gasteiger partial charge in [-0.05, 0) is 25.0 Å². The van der Waals surface area contributed by atoms with Crippen molar-refractivity contribution in [1.29, 1.82) is 0 Å². The van der Waals surface area contributed by atoms with Gasteiger partial charge in [0.2, 0.25) is 0 Å². The predicted molar refractivity (Wildman–Crippen MR) is 98.6 cm³/mol. The van der Waals surface area contributed by atoms with Crippen LogP contribution in [0.25, 0.3) is 0 Å². The van der Waals surface area contributed by atoms with Gasteiger partial charge in [-0.3, -0.25) is 4.90 Å². The zero-order chi connectivity index (χ0) is 18.2. The molecule has 7 heteroatoms. The first-order valence-corrected chi connectivity index (χ1v) is 10.5. The molecule has 26 heavy (non-hydrogen) atoms. The van der Waals surface area contributed by atoms with Gasteiger partial charge in [0.05, 0.1) is 12.4 Å². The summed E-state index contributed by atoms with van der Waals surface area (Å²) in [6, 6.07) is 10.4. The Morgan fingerprint density at radius 1 is 1.19 bits per heavy atom. The van der Waals surface area contributed by atoms with Gasteiger partial charge >= 0.3 is 6.01 Å². The van der Waals surface area contributed by atoms with Crippen LogP contribution >= 0.6 is 0 Å². The fraction of sp³-hybridized carbons (Fsp3) is 0.474. The number of likely N-dealkylation sites (tertiary alicyclic amines) is 1. The number of sulfone groups is 1. The van der Waals surface area contributed by atoms with Crippen LogP contribution in [0.5, 0.6) is 6.01 Å². The van der Waals surface area contributed by atoms with Gasteiger partial charge < -0.3 is 4.74 Å². The van der Waals surface area contributed by atoms with Gasteiger partial charge in [0.1, 0.15) is 4.75 Å². The van der Waals surface area contributed by atoms with Crippen LogP contribution in [0.15, 0.2) is 42.7 Å². The number of benzene rings is 1. The summed E-state index contributed by atoms with van der Waals surface area (Å²) in [6.07, 6.45) is 3.89. The summed E-state index contributed by atoms with van der Waals surface area (Å²) in [4.78, 5) is 10.3. The Balaban J connectivity index is 1.42. The molecule has 2 aliphatic rings. The average Bonchev–Trinajstić information content (AvgIpc) is 2.87. The molecule has 0 aliphatic carbocycles. The molecule has 2 fully saturated rings. The third-order valence-corrected chi connectivity index (χ3v) is 8.17. The van der Waals surface area contributed by atoms with Crippen LogP contribution in [-0.4, -0.2) is 53.5 Å². The van der Waals surface area contributed by atoms with Crippen molar-refractivity contribution in [3.8, 4) is 6.01 Å². The molecule has 138 valence electrons. The Kier molecular flexibility index (Phi) is 4.44. The van der Waals surface area contributed by atoms with E-state index in [0.717, 1.165) is 6.54 Å². The molecule has 0 unspecified atom stereocenters. The first-order chi connectivity index (χ1) is 12.5. The van der Waals surface area contributed by atoms with Crippen molar-refractivity contribution >= 4 is 9.84 Å². The largest absolute Gasteiger partial charge is 0.463 e. The minimum absolute atomic E-state index is 0.00873. The molecule has 2 saturated heterocycles. The second-order valence-electron chi connectivity index (χ2n) is 7.34. The highest BCUT2D eigenvalue weighted by Crippen LogP contribution is 2.45. The lowest BCUT2D eigenvalue weighted by Gasteiger charge is -2.50. The predicted octanol–water partition coefficient (Wildman–Crippen LogP) is 1.85. The minimum Gasteiger partial charge on any atom is -0.463 e. The van der Waals surface area contributed by atoms with Gasteiger partial charge in [0.25, 0.3) is 0 Å². The number of nitrogens with zero attached hydrogens (tertiary/aromatic N) is 3. The number of ether oxygens (including phenoxy) is 1. The minimum atomic E-state index is -3.10. The van der Waals surface area contributed by atoms with Crippen molar-refractivity contribution in [1.82, 2.24) is 14.9 Å². The zero-order valence-corrected chi connectivity index (χ0v) is 15.7. The zero-order valence-electron chi connectivity index (χ0n) is 14.8. The molecule has 0 radical (unpaired) electrons. The molecular formula is C19H23N3O3S. The van der Waals surface area contributed by atoms with E-state index < -0.39 is 14.6 Å². The molecule has 0 bridgehead atoms. The van der Waals surface area contributed by atoms with Crippen LogP contribution in [0.3, 0.4) is 0 Å². The van der Waals surface area contributed by atoms with E-state index in [9.17, 15) is 8.42 Å². The Bertz CT molecular complexity index is 863. The number of aryl methyl sites for hydroxylation is 1. The molecule has 0 saturated carbocycles. The van der Waals surface area contributed by atoms with E-state index in [-0.39, 0.29) is 11.7 Å². The quantitative estimate of drug-likeness (QED) is 0.797. The summed E-state index contributed by atoms with van der Waals surface area (Å²) in [5.41, 5.74) is 2.44. The van der Waals surface area contributed by atoms with Gasteiger partial charge in [0, 0.05) is 37.9 Å². The normalized spacial score (nSPS) is 23.7. The maximum Gasteiger partial charge on any atom is 0.316 e. The number of rotatable bonds is 5. The summed E-state index contributed by atoms with van der Waals surface area (Å²) in [6.45, 7) is 4.35. The molecular weight excluding hydrogens is 350 g/mol. The Morgan fingerprint density at radius 3 is 2.58 bits per heavy atom. The fourth-order valence-corrected chi connectivity index (χ4v) is 6.47. The molecule has 1 spiro atoms. The monoisotopic (exact) mass is 373 g/mol. The first kappa shape index (κ1) is 17.4. The molecule has 4 rings (SSSR count). The topological polar surface area (TPSA) is 72.4 Å².